The summed E-state index contributed by atoms with van der Waals surface area (Å²) in [6, 6.07) is 6.68. The third-order valence-electron chi connectivity index (χ3n) is 4.01. The molecule has 0 bridgehead atoms. The molecule has 1 N–H and O–H groups in total. The average Bonchev–Trinajstić information content (AvgIpc) is 3.03. The summed E-state index contributed by atoms with van der Waals surface area (Å²) in [6.07, 6.45) is 4.16. The molecule has 0 radical (unpaired) electrons. The van der Waals surface area contributed by atoms with E-state index in [9.17, 15) is 0 Å². The Morgan fingerprint density at radius 1 is 1.36 bits per heavy atom. The van der Waals surface area contributed by atoms with E-state index in [0.29, 0.717) is 11.8 Å². The molecule has 126 valence electrons. The van der Waals surface area contributed by atoms with Crippen LogP contribution in [0.1, 0.15) is 24.7 Å². The van der Waals surface area contributed by atoms with E-state index in [1.54, 1.807) is 29.3 Å². The average molecular weight is 433 g/mol. The van der Waals surface area contributed by atoms with Gasteiger partial charge in [-0.1, -0.05) is 17.8 Å². The first-order chi connectivity index (χ1) is 12.3. The van der Waals surface area contributed by atoms with E-state index in [4.69, 9.17) is 0 Å². The summed E-state index contributed by atoms with van der Waals surface area (Å²) in [5, 5.41) is 11.9. The van der Waals surface area contributed by atoms with Gasteiger partial charge in [0, 0.05) is 16.7 Å². The Balaban J connectivity index is 1.42. The Kier molecular flexibility index (Phi) is 3.87. The van der Waals surface area contributed by atoms with Crippen molar-refractivity contribution in [2.24, 2.45) is 0 Å². The van der Waals surface area contributed by atoms with Crippen LogP contribution in [0.4, 0.5) is 0 Å². The Morgan fingerprint density at radius 3 is 3.08 bits per heavy atom. The van der Waals surface area contributed by atoms with Gasteiger partial charge >= 0.3 is 0 Å². The topological polar surface area (TPSA) is 72.3 Å². The van der Waals surface area contributed by atoms with Gasteiger partial charge in [-0.15, -0.1) is 21.5 Å². The number of halogens is 1. The molecule has 0 saturated heterocycles. The van der Waals surface area contributed by atoms with E-state index in [0.717, 1.165) is 32.4 Å². The summed E-state index contributed by atoms with van der Waals surface area (Å²) in [7, 11) is 0. The second-order valence-corrected chi connectivity index (χ2v) is 8.69. The molecule has 0 aliphatic heterocycles. The van der Waals surface area contributed by atoms with Crippen molar-refractivity contribution in [1.82, 2.24) is 29.7 Å². The number of hydrogen-bond donors (Lipinski definition) is 1. The zero-order valence-electron chi connectivity index (χ0n) is 13.0. The molecular formula is C16H13BrN6S2. The standard InChI is InChI=1S/C16H13BrN6S2/c17-9-6-11-14(18-7-9)20-13(19-11)8-25-16-22-21-15(12-2-1-5-24-12)23(16)10-3-4-10/h1-2,5-7,10H,3-4,8H2,(H,18,19,20). The van der Waals surface area contributed by atoms with Gasteiger partial charge in [-0.05, 0) is 46.3 Å². The molecular weight excluding hydrogens is 420 g/mol. The van der Waals surface area contributed by atoms with Crippen LogP contribution in [0.15, 0.2) is 39.4 Å². The molecule has 9 heteroatoms. The molecule has 1 aliphatic carbocycles. The fourth-order valence-electron chi connectivity index (χ4n) is 2.74. The third-order valence-corrected chi connectivity index (χ3v) is 6.26. The van der Waals surface area contributed by atoms with Crippen molar-refractivity contribution < 1.29 is 0 Å². The lowest BCUT2D eigenvalue weighted by Crippen LogP contribution is -1.99. The molecule has 0 unspecified atom stereocenters. The van der Waals surface area contributed by atoms with Gasteiger partial charge in [-0.3, -0.25) is 4.57 Å². The molecule has 6 nitrogen and oxygen atoms in total. The molecule has 5 rings (SSSR count). The summed E-state index contributed by atoms with van der Waals surface area (Å²) >= 11 is 6.81. The van der Waals surface area contributed by atoms with E-state index < -0.39 is 0 Å². The van der Waals surface area contributed by atoms with E-state index in [1.165, 1.54) is 17.7 Å². The first-order valence-electron chi connectivity index (χ1n) is 7.89. The Labute approximate surface area is 160 Å². The quantitative estimate of drug-likeness (QED) is 0.463. The number of hydrogen-bond acceptors (Lipinski definition) is 6. The number of nitrogens with one attached hydrogen (secondary N) is 1. The zero-order valence-corrected chi connectivity index (χ0v) is 16.2. The van der Waals surface area contributed by atoms with E-state index in [1.807, 2.05) is 6.07 Å². The van der Waals surface area contributed by atoms with Crippen LogP contribution >= 0.6 is 39.0 Å². The van der Waals surface area contributed by atoms with Gasteiger partial charge in [-0.25, -0.2) is 9.97 Å². The molecule has 25 heavy (non-hydrogen) atoms. The number of aromatic amines is 1. The number of aromatic nitrogens is 6. The monoisotopic (exact) mass is 432 g/mol. The van der Waals surface area contributed by atoms with Gasteiger partial charge in [0.05, 0.1) is 16.1 Å². The highest BCUT2D eigenvalue weighted by Gasteiger charge is 2.30. The molecule has 4 aromatic heterocycles. The normalized spacial score (nSPS) is 14.4. The number of H-pyrrole nitrogens is 1. The van der Waals surface area contributed by atoms with E-state index in [-0.39, 0.29) is 0 Å². The summed E-state index contributed by atoms with van der Waals surface area (Å²) in [5.41, 5.74) is 1.68. The lowest BCUT2D eigenvalue weighted by molar-refractivity contribution is 0.670. The van der Waals surface area contributed by atoms with Gasteiger partial charge in [0.15, 0.2) is 16.6 Å². The summed E-state index contributed by atoms with van der Waals surface area (Å²) in [5.74, 6) is 2.59. The first kappa shape index (κ1) is 15.5. The molecule has 1 saturated carbocycles. The van der Waals surface area contributed by atoms with Crippen LogP contribution in [0.25, 0.3) is 21.9 Å². The molecule has 0 aromatic carbocycles. The number of nitrogens with zero attached hydrogens (tertiary/aromatic N) is 5. The molecule has 4 aromatic rings. The molecule has 4 heterocycles. The highest BCUT2D eigenvalue weighted by atomic mass is 79.9. The maximum Gasteiger partial charge on any atom is 0.192 e. The summed E-state index contributed by atoms with van der Waals surface area (Å²) < 4.78 is 3.23. The third kappa shape index (κ3) is 3.00. The van der Waals surface area contributed by atoms with Gasteiger partial charge < -0.3 is 4.98 Å². The Morgan fingerprint density at radius 2 is 2.28 bits per heavy atom. The van der Waals surface area contributed by atoms with Crippen LogP contribution in [0.3, 0.4) is 0 Å². The lowest BCUT2D eigenvalue weighted by atomic mass is 10.4. The minimum absolute atomic E-state index is 0.530. The van der Waals surface area contributed by atoms with Crippen LogP contribution in [-0.2, 0) is 5.75 Å². The van der Waals surface area contributed by atoms with E-state index >= 15 is 0 Å². The largest absolute Gasteiger partial charge is 0.340 e. The van der Waals surface area contributed by atoms with Crippen LogP contribution in [0, 0.1) is 0 Å². The highest BCUT2D eigenvalue weighted by molar-refractivity contribution is 9.10. The molecule has 1 fully saturated rings. The van der Waals surface area contributed by atoms with Crippen molar-refractivity contribution in [2.75, 3.05) is 0 Å². The minimum Gasteiger partial charge on any atom is -0.340 e. The number of imidazole rings is 1. The van der Waals surface area contributed by atoms with Crippen molar-refractivity contribution in [3.8, 4) is 10.7 Å². The van der Waals surface area contributed by atoms with Crippen molar-refractivity contribution in [2.45, 2.75) is 29.8 Å². The zero-order chi connectivity index (χ0) is 16.8. The molecule has 0 amide bonds. The lowest BCUT2D eigenvalue weighted by Gasteiger charge is -2.06. The van der Waals surface area contributed by atoms with Crippen LogP contribution in [-0.4, -0.2) is 29.7 Å². The van der Waals surface area contributed by atoms with E-state index in [2.05, 4.69) is 63.2 Å². The number of fused-ring (bicyclic) bond motifs is 1. The fraction of sp³-hybridized carbons (Fsp3) is 0.250. The minimum atomic E-state index is 0.530. The van der Waals surface area contributed by atoms with Crippen LogP contribution < -0.4 is 0 Å². The SMILES string of the molecule is Brc1cnc2nc(CSc3nnc(-c4cccs4)n3C3CC3)[nH]c2c1. The molecule has 0 atom stereocenters. The molecule has 1 aliphatic rings. The maximum atomic E-state index is 4.55. The second-order valence-electron chi connectivity index (χ2n) is 5.88. The highest BCUT2D eigenvalue weighted by Crippen LogP contribution is 2.42. The van der Waals surface area contributed by atoms with Gasteiger partial charge in [0.2, 0.25) is 0 Å². The van der Waals surface area contributed by atoms with Crippen molar-refractivity contribution in [3.63, 3.8) is 0 Å². The fourth-order valence-corrected chi connectivity index (χ4v) is 4.65. The Bertz CT molecular complexity index is 1030. The summed E-state index contributed by atoms with van der Waals surface area (Å²) in [6.45, 7) is 0. The number of thiophene rings is 1. The predicted octanol–water partition coefficient (Wildman–Crippen LogP) is 4.67. The van der Waals surface area contributed by atoms with Crippen molar-refractivity contribution in [3.05, 3.63) is 40.1 Å². The smallest absolute Gasteiger partial charge is 0.192 e. The second kappa shape index (κ2) is 6.22. The van der Waals surface area contributed by atoms with Crippen molar-refractivity contribution in [1.29, 1.82) is 0 Å². The molecule has 0 spiro atoms. The number of thioether (sulfide) groups is 1. The van der Waals surface area contributed by atoms with Crippen LogP contribution in [0.2, 0.25) is 0 Å². The number of rotatable bonds is 5. The summed E-state index contributed by atoms with van der Waals surface area (Å²) in [4.78, 5) is 13.4. The van der Waals surface area contributed by atoms with Crippen molar-refractivity contribution >= 4 is 50.2 Å². The maximum absolute atomic E-state index is 4.55. The van der Waals surface area contributed by atoms with Crippen LogP contribution in [0.5, 0.6) is 0 Å². The first-order valence-corrected chi connectivity index (χ1v) is 10.6. The van der Waals surface area contributed by atoms with Gasteiger partial charge in [0.1, 0.15) is 5.82 Å². The van der Waals surface area contributed by atoms with Gasteiger partial charge in [-0.2, -0.15) is 0 Å². The van der Waals surface area contributed by atoms with Gasteiger partial charge in [0.25, 0.3) is 0 Å². The predicted molar refractivity (Wildman–Crippen MR) is 103 cm³/mol. The number of pyridine rings is 1. The Hall–Kier alpha value is -1.71.